The third-order valence-corrected chi connectivity index (χ3v) is 4.26. The second-order valence-corrected chi connectivity index (χ2v) is 6.20. The van der Waals surface area contributed by atoms with Gasteiger partial charge in [0.05, 0.1) is 12.1 Å². The van der Waals surface area contributed by atoms with Crippen LogP contribution in [0.25, 0.3) is 5.69 Å². The highest BCUT2D eigenvalue weighted by Crippen LogP contribution is 2.28. The summed E-state index contributed by atoms with van der Waals surface area (Å²) in [6, 6.07) is 3.27. The molecule has 1 amide bonds. The van der Waals surface area contributed by atoms with Gasteiger partial charge in [-0.2, -0.15) is 18.3 Å². The highest BCUT2D eigenvalue weighted by molar-refractivity contribution is 5.96. The van der Waals surface area contributed by atoms with Crippen molar-refractivity contribution in [3.05, 3.63) is 47.0 Å². The Hall–Kier alpha value is -2.91. The number of hydrogen-bond acceptors (Lipinski definition) is 3. The fraction of sp³-hybridized carbons (Fsp3) is 0.353. The molecule has 1 unspecified atom stereocenters. The number of fused-ring (bicyclic) bond motifs is 1. The zero-order valence-corrected chi connectivity index (χ0v) is 13.9. The van der Waals surface area contributed by atoms with Crippen molar-refractivity contribution in [1.82, 2.24) is 15.1 Å². The van der Waals surface area contributed by atoms with Crippen LogP contribution in [0.5, 0.6) is 0 Å². The molecule has 2 N–H and O–H groups in total. The van der Waals surface area contributed by atoms with Crippen molar-refractivity contribution >= 4 is 11.9 Å². The summed E-state index contributed by atoms with van der Waals surface area (Å²) in [7, 11) is 0. The van der Waals surface area contributed by atoms with E-state index in [-0.39, 0.29) is 5.69 Å². The van der Waals surface area contributed by atoms with Crippen LogP contribution in [-0.4, -0.2) is 39.0 Å². The number of carboxylic acid groups (broad SMARTS) is 1. The Kier molecular flexibility index (Phi) is 4.90. The summed E-state index contributed by atoms with van der Waals surface area (Å²) in [6.45, 7) is 0. The molecule has 1 atom stereocenters. The van der Waals surface area contributed by atoms with E-state index in [1.807, 2.05) is 5.32 Å². The molecular weight excluding hydrogens is 370 g/mol. The van der Waals surface area contributed by atoms with Gasteiger partial charge >= 0.3 is 12.1 Å². The standard InChI is InChI=1S/C17H15F4N3O3/c18-9-4-6-10(7-5-9)24-13-3-1-2-11(13)14(23-24)15(25)22-12(16(26)27)8-17(19,20)21/h4-7,12H,1-3,8H2,(H,22,25)(H,26,27). The Balaban J connectivity index is 1.90. The minimum Gasteiger partial charge on any atom is -0.480 e. The summed E-state index contributed by atoms with van der Waals surface area (Å²) in [5, 5.41) is 15.0. The van der Waals surface area contributed by atoms with E-state index in [2.05, 4.69) is 5.10 Å². The predicted octanol–water partition coefficient (Wildman–Crippen LogP) is 2.64. The number of halogens is 4. The first kappa shape index (κ1) is 18.9. The molecular formula is C17H15F4N3O3. The van der Waals surface area contributed by atoms with Gasteiger partial charge in [-0.1, -0.05) is 0 Å². The molecule has 0 spiro atoms. The first-order chi connectivity index (χ1) is 12.7. The lowest BCUT2D eigenvalue weighted by Crippen LogP contribution is -2.44. The fourth-order valence-electron chi connectivity index (χ4n) is 3.07. The van der Waals surface area contributed by atoms with Gasteiger partial charge in [-0.05, 0) is 43.5 Å². The zero-order chi connectivity index (χ0) is 19.8. The van der Waals surface area contributed by atoms with Gasteiger partial charge in [0.2, 0.25) is 0 Å². The molecule has 1 aromatic carbocycles. The Morgan fingerprint density at radius 3 is 2.48 bits per heavy atom. The van der Waals surface area contributed by atoms with E-state index in [1.54, 1.807) is 0 Å². The maximum atomic E-state index is 13.1. The number of nitrogens with zero attached hydrogens (tertiary/aromatic N) is 2. The molecule has 3 rings (SSSR count). The summed E-state index contributed by atoms with van der Waals surface area (Å²) in [5.74, 6) is -3.21. The van der Waals surface area contributed by atoms with Crippen LogP contribution in [-0.2, 0) is 17.6 Å². The molecule has 6 nitrogen and oxygen atoms in total. The molecule has 1 aliphatic rings. The van der Waals surface area contributed by atoms with E-state index < -0.39 is 36.3 Å². The molecule has 0 bridgehead atoms. The summed E-state index contributed by atoms with van der Waals surface area (Å²) < 4.78 is 52.2. The van der Waals surface area contributed by atoms with Crippen molar-refractivity contribution in [1.29, 1.82) is 0 Å². The highest BCUT2D eigenvalue weighted by atomic mass is 19.4. The van der Waals surface area contributed by atoms with Crippen LogP contribution >= 0.6 is 0 Å². The van der Waals surface area contributed by atoms with Crippen molar-refractivity contribution in [3.63, 3.8) is 0 Å². The van der Waals surface area contributed by atoms with E-state index >= 15 is 0 Å². The molecule has 0 radical (unpaired) electrons. The quantitative estimate of drug-likeness (QED) is 0.775. The van der Waals surface area contributed by atoms with E-state index in [4.69, 9.17) is 5.11 Å². The first-order valence-corrected chi connectivity index (χ1v) is 8.13. The Bertz CT molecular complexity index is 875. The molecule has 27 heavy (non-hydrogen) atoms. The molecule has 0 fully saturated rings. The second-order valence-electron chi connectivity index (χ2n) is 6.20. The second kappa shape index (κ2) is 7.01. The number of carbonyl (C=O) groups is 2. The monoisotopic (exact) mass is 385 g/mol. The molecule has 0 saturated carbocycles. The van der Waals surface area contributed by atoms with Gasteiger partial charge in [0.25, 0.3) is 5.91 Å². The van der Waals surface area contributed by atoms with Crippen LogP contribution in [0.3, 0.4) is 0 Å². The average molecular weight is 385 g/mol. The minimum absolute atomic E-state index is 0.111. The van der Waals surface area contributed by atoms with Gasteiger partial charge in [0.15, 0.2) is 5.69 Å². The van der Waals surface area contributed by atoms with Crippen LogP contribution in [0.1, 0.15) is 34.6 Å². The Morgan fingerprint density at radius 1 is 1.22 bits per heavy atom. The third-order valence-electron chi connectivity index (χ3n) is 4.26. The van der Waals surface area contributed by atoms with Gasteiger partial charge in [-0.25, -0.2) is 13.9 Å². The van der Waals surface area contributed by atoms with Gasteiger partial charge in [0, 0.05) is 11.3 Å². The number of hydrogen-bond donors (Lipinski definition) is 2. The highest BCUT2D eigenvalue weighted by Gasteiger charge is 2.37. The normalized spacial score (nSPS) is 14.7. The van der Waals surface area contributed by atoms with Crippen LogP contribution in [0, 0.1) is 5.82 Å². The van der Waals surface area contributed by atoms with Crippen molar-refractivity contribution in [2.24, 2.45) is 0 Å². The summed E-state index contributed by atoms with van der Waals surface area (Å²) in [6.07, 6.45) is -4.62. The van der Waals surface area contributed by atoms with E-state index in [9.17, 15) is 27.2 Å². The number of alkyl halides is 3. The molecule has 0 aliphatic heterocycles. The zero-order valence-electron chi connectivity index (χ0n) is 13.9. The Morgan fingerprint density at radius 2 is 1.89 bits per heavy atom. The number of rotatable bonds is 5. The van der Waals surface area contributed by atoms with Crippen LogP contribution < -0.4 is 5.32 Å². The lowest BCUT2D eigenvalue weighted by molar-refractivity contribution is -0.157. The fourth-order valence-corrected chi connectivity index (χ4v) is 3.07. The number of amides is 1. The number of carbonyl (C=O) groups excluding carboxylic acids is 1. The van der Waals surface area contributed by atoms with Gasteiger partial charge in [-0.15, -0.1) is 0 Å². The largest absolute Gasteiger partial charge is 0.480 e. The molecule has 144 valence electrons. The molecule has 10 heteroatoms. The predicted molar refractivity (Wildman–Crippen MR) is 85.1 cm³/mol. The molecule has 1 aromatic heterocycles. The van der Waals surface area contributed by atoms with E-state index in [0.29, 0.717) is 29.8 Å². The van der Waals surface area contributed by atoms with Crippen LogP contribution in [0.4, 0.5) is 17.6 Å². The van der Waals surface area contributed by atoms with E-state index in [1.165, 1.54) is 28.9 Å². The molecule has 2 aromatic rings. The van der Waals surface area contributed by atoms with Crippen molar-refractivity contribution < 1.29 is 32.3 Å². The van der Waals surface area contributed by atoms with Gasteiger partial charge in [-0.3, -0.25) is 4.79 Å². The summed E-state index contributed by atoms with van der Waals surface area (Å²) in [5.41, 5.74) is 1.65. The lowest BCUT2D eigenvalue weighted by atomic mass is 10.1. The average Bonchev–Trinajstić information content (AvgIpc) is 3.16. The number of nitrogens with one attached hydrogen (secondary N) is 1. The smallest absolute Gasteiger partial charge is 0.391 e. The maximum absolute atomic E-state index is 13.1. The van der Waals surface area contributed by atoms with Crippen molar-refractivity contribution in [2.75, 3.05) is 0 Å². The minimum atomic E-state index is -4.74. The number of benzene rings is 1. The molecule has 1 heterocycles. The van der Waals surface area contributed by atoms with Gasteiger partial charge < -0.3 is 10.4 Å². The number of aromatic nitrogens is 2. The first-order valence-electron chi connectivity index (χ1n) is 8.13. The van der Waals surface area contributed by atoms with Crippen LogP contribution in [0.2, 0.25) is 0 Å². The maximum Gasteiger partial charge on any atom is 0.391 e. The topological polar surface area (TPSA) is 84.2 Å². The number of carboxylic acids is 1. The Labute approximate surface area is 150 Å². The van der Waals surface area contributed by atoms with Crippen molar-refractivity contribution in [2.45, 2.75) is 37.9 Å². The number of aliphatic carboxylic acids is 1. The summed E-state index contributed by atoms with van der Waals surface area (Å²) >= 11 is 0. The van der Waals surface area contributed by atoms with Crippen LogP contribution in [0.15, 0.2) is 24.3 Å². The SMILES string of the molecule is O=C(NC(CC(F)(F)F)C(=O)O)c1nn(-c2ccc(F)cc2)c2c1CCC2. The molecule has 1 aliphatic carbocycles. The third kappa shape index (κ3) is 4.09. The van der Waals surface area contributed by atoms with Gasteiger partial charge in [0.1, 0.15) is 11.9 Å². The summed E-state index contributed by atoms with van der Waals surface area (Å²) in [4.78, 5) is 23.5. The lowest BCUT2D eigenvalue weighted by Gasteiger charge is -2.15. The van der Waals surface area contributed by atoms with E-state index in [0.717, 1.165) is 6.42 Å². The van der Waals surface area contributed by atoms with Crippen molar-refractivity contribution in [3.8, 4) is 5.69 Å². The molecule has 0 saturated heterocycles.